The van der Waals surface area contributed by atoms with Crippen LogP contribution in [0, 0.1) is 13.8 Å². The smallest absolute Gasteiger partial charge is 0.183 e. The first-order valence-corrected chi connectivity index (χ1v) is 24.6. The minimum absolute atomic E-state index is 0. The average Bonchev–Trinajstić information content (AvgIpc) is 3.88. The molecule has 0 saturated heterocycles. The molecular formula is C59H48N2SSi. The van der Waals surface area contributed by atoms with E-state index in [2.05, 4.69) is 220 Å². The van der Waals surface area contributed by atoms with Gasteiger partial charge in [-0.15, -0.1) is 0 Å². The Morgan fingerprint density at radius 2 is 0.952 bits per heavy atom. The molecule has 0 saturated carbocycles. The Bertz CT molecular complexity index is 3690. The van der Waals surface area contributed by atoms with Crippen LogP contribution in [0.2, 0.25) is 0 Å². The van der Waals surface area contributed by atoms with E-state index in [1.165, 1.54) is 124 Å². The van der Waals surface area contributed by atoms with Crippen molar-refractivity contribution in [3.05, 3.63) is 193 Å². The van der Waals surface area contributed by atoms with Gasteiger partial charge in [-0.3, -0.25) is 0 Å². The van der Waals surface area contributed by atoms with E-state index in [9.17, 15) is 0 Å². The fourth-order valence-electron chi connectivity index (χ4n) is 11.1. The standard InChI is InChI=1S/C58H44N2SSi.CH4/c1-35-18-25-49-45(28-35)46-29-36(2)19-26-50(46)59(49)40-21-23-43-44-24-22-41(60-48-15-9-8-14-42(48)47-30-37-12-6-7-13-38(37)31-51(47)60)34-57(44)62(56(43)33-40)54-17-11-10-16-52(54)61-53-32-39(58(3,4)5)20-27-55(53)62;/h6-34H,1-5H3;1H4. The van der Waals surface area contributed by atoms with Crippen LogP contribution >= 0.6 is 11.8 Å². The summed E-state index contributed by atoms with van der Waals surface area (Å²) in [6, 6.07) is 68.1. The fraction of sp³-hybridized carbons (Fsp3) is 0.119. The molecule has 2 aromatic heterocycles. The second-order valence-corrected chi connectivity index (χ2v) is 23.5. The van der Waals surface area contributed by atoms with Crippen LogP contribution in [-0.4, -0.2) is 17.2 Å². The quantitative estimate of drug-likeness (QED) is 0.158. The predicted molar refractivity (Wildman–Crippen MR) is 274 cm³/mol. The molecule has 11 aromatic rings. The lowest BCUT2D eigenvalue weighted by atomic mass is 9.87. The molecule has 4 heteroatoms. The van der Waals surface area contributed by atoms with Gasteiger partial charge in [-0.05, 0) is 146 Å². The van der Waals surface area contributed by atoms with E-state index >= 15 is 0 Å². The third kappa shape index (κ3) is 5.26. The summed E-state index contributed by atoms with van der Waals surface area (Å²) in [6.07, 6.45) is 0. The van der Waals surface area contributed by atoms with Crippen molar-refractivity contribution in [1.82, 2.24) is 9.13 Å². The predicted octanol–water partition coefficient (Wildman–Crippen LogP) is 13.4. The van der Waals surface area contributed by atoms with Crippen molar-refractivity contribution in [3.8, 4) is 22.5 Å². The van der Waals surface area contributed by atoms with Gasteiger partial charge < -0.3 is 9.13 Å². The van der Waals surface area contributed by atoms with Crippen molar-refractivity contribution < 1.29 is 0 Å². The molecule has 0 amide bonds. The maximum atomic E-state index is 2.60. The Labute approximate surface area is 374 Å². The molecule has 304 valence electrons. The third-order valence-corrected chi connectivity index (χ3v) is 20.4. The average molecular weight is 845 g/mol. The number of fused-ring (bicyclic) bond motifs is 16. The summed E-state index contributed by atoms with van der Waals surface area (Å²) in [5.41, 5.74) is 14.1. The van der Waals surface area contributed by atoms with Gasteiger partial charge in [-0.25, -0.2) is 0 Å². The van der Waals surface area contributed by atoms with E-state index in [1.807, 2.05) is 11.8 Å². The Hall–Kier alpha value is -6.59. The molecule has 2 aliphatic heterocycles. The summed E-state index contributed by atoms with van der Waals surface area (Å²) in [6.45, 7) is 11.4. The molecule has 1 atom stereocenters. The van der Waals surface area contributed by atoms with Gasteiger partial charge in [0.05, 0.1) is 22.1 Å². The summed E-state index contributed by atoms with van der Waals surface area (Å²) < 4.78 is 5.05. The molecule has 1 spiro atoms. The lowest BCUT2D eigenvalue weighted by Gasteiger charge is -2.38. The van der Waals surface area contributed by atoms with E-state index in [-0.39, 0.29) is 12.8 Å². The number of benzene rings is 9. The van der Waals surface area contributed by atoms with Crippen LogP contribution in [0.15, 0.2) is 186 Å². The van der Waals surface area contributed by atoms with E-state index in [0.29, 0.717) is 0 Å². The largest absolute Gasteiger partial charge is 0.309 e. The number of aromatic nitrogens is 2. The highest BCUT2D eigenvalue weighted by Gasteiger charge is 2.53. The SMILES string of the molecule is C.Cc1ccc2c(c1)c1cc(C)ccc1n2-c1ccc2c(c1)[Si]1(c3ccccc3Sc3cc(C(C)(C)C)ccc31)c1cc(-n3c4ccccc4c4cc5ccccc5cc43)ccc1-2. The van der Waals surface area contributed by atoms with E-state index in [1.54, 1.807) is 0 Å². The second-order valence-electron chi connectivity index (χ2n) is 18.7. The molecule has 2 nitrogen and oxygen atoms in total. The fourth-order valence-corrected chi connectivity index (χ4v) is 18.6. The molecule has 63 heavy (non-hydrogen) atoms. The maximum absolute atomic E-state index is 2.95. The van der Waals surface area contributed by atoms with Crippen LogP contribution < -0.4 is 20.7 Å². The van der Waals surface area contributed by atoms with Crippen LogP contribution in [0.1, 0.15) is 44.9 Å². The molecule has 4 heterocycles. The van der Waals surface area contributed by atoms with Gasteiger partial charge in [-0.1, -0.05) is 148 Å². The number of aryl methyl sites for hydroxylation is 2. The molecular weight excluding hydrogens is 797 g/mol. The first-order valence-electron chi connectivity index (χ1n) is 21.8. The summed E-state index contributed by atoms with van der Waals surface area (Å²) in [4.78, 5) is 2.77. The molecule has 0 fully saturated rings. The van der Waals surface area contributed by atoms with Crippen molar-refractivity contribution in [2.75, 3.05) is 0 Å². The summed E-state index contributed by atoms with van der Waals surface area (Å²) in [5.74, 6) is 0. The Kier molecular flexibility index (Phi) is 8.14. The lowest BCUT2D eigenvalue weighted by molar-refractivity contribution is 0.589. The van der Waals surface area contributed by atoms with Crippen molar-refractivity contribution in [1.29, 1.82) is 0 Å². The number of rotatable bonds is 2. The Balaban J connectivity index is 0.00000421. The molecule has 2 aliphatic rings. The Morgan fingerprint density at radius 1 is 0.413 bits per heavy atom. The summed E-state index contributed by atoms with van der Waals surface area (Å²) in [7, 11) is -2.95. The highest BCUT2D eigenvalue weighted by molar-refractivity contribution is 8.00. The van der Waals surface area contributed by atoms with Crippen LogP contribution in [0.25, 0.3) is 76.9 Å². The van der Waals surface area contributed by atoms with E-state index < -0.39 is 8.07 Å². The van der Waals surface area contributed by atoms with E-state index in [4.69, 9.17) is 0 Å². The first-order chi connectivity index (χ1) is 30.2. The molecule has 13 rings (SSSR count). The maximum Gasteiger partial charge on any atom is 0.183 e. The van der Waals surface area contributed by atoms with Gasteiger partial charge in [0.2, 0.25) is 0 Å². The highest BCUT2D eigenvalue weighted by atomic mass is 32.2. The van der Waals surface area contributed by atoms with Gasteiger partial charge in [0, 0.05) is 42.7 Å². The number of nitrogens with zero attached hydrogens (tertiary/aromatic N) is 2. The molecule has 0 N–H and O–H groups in total. The monoisotopic (exact) mass is 844 g/mol. The van der Waals surface area contributed by atoms with Crippen molar-refractivity contribution >= 4 is 95.0 Å². The third-order valence-electron chi connectivity index (χ3n) is 14.0. The van der Waals surface area contributed by atoms with Crippen molar-refractivity contribution in [2.24, 2.45) is 0 Å². The number of hydrogen-bond acceptors (Lipinski definition) is 1. The first kappa shape index (κ1) is 38.1. The zero-order valence-corrected chi connectivity index (χ0v) is 37.4. The lowest BCUT2D eigenvalue weighted by Crippen LogP contribution is -2.74. The summed E-state index contributed by atoms with van der Waals surface area (Å²) >= 11 is 1.96. The van der Waals surface area contributed by atoms with E-state index in [0.717, 1.165) is 0 Å². The summed E-state index contributed by atoms with van der Waals surface area (Å²) in [5, 5.41) is 13.6. The van der Waals surface area contributed by atoms with Gasteiger partial charge >= 0.3 is 0 Å². The molecule has 0 aliphatic carbocycles. The topological polar surface area (TPSA) is 9.86 Å². The van der Waals surface area contributed by atoms with Crippen LogP contribution in [0.4, 0.5) is 0 Å². The number of hydrogen-bond donors (Lipinski definition) is 0. The minimum Gasteiger partial charge on any atom is -0.309 e. The normalized spacial score (nSPS) is 15.3. The van der Waals surface area contributed by atoms with Crippen LogP contribution in [0.3, 0.4) is 0 Å². The molecule has 9 aromatic carbocycles. The molecule has 0 bridgehead atoms. The van der Waals surface area contributed by atoms with Crippen LogP contribution in [-0.2, 0) is 5.41 Å². The molecule has 1 unspecified atom stereocenters. The zero-order chi connectivity index (χ0) is 41.6. The highest BCUT2D eigenvalue weighted by Crippen LogP contribution is 2.42. The van der Waals surface area contributed by atoms with Crippen LogP contribution in [0.5, 0.6) is 0 Å². The zero-order valence-electron chi connectivity index (χ0n) is 35.5. The van der Waals surface area contributed by atoms with Gasteiger partial charge in [0.1, 0.15) is 0 Å². The van der Waals surface area contributed by atoms with Gasteiger partial charge in [0.25, 0.3) is 0 Å². The minimum atomic E-state index is -2.95. The van der Waals surface area contributed by atoms with Crippen molar-refractivity contribution in [3.63, 3.8) is 0 Å². The van der Waals surface area contributed by atoms with Gasteiger partial charge in [-0.2, -0.15) is 0 Å². The van der Waals surface area contributed by atoms with Gasteiger partial charge in [0.15, 0.2) is 8.07 Å². The Morgan fingerprint density at radius 3 is 1.62 bits per heavy atom. The molecule has 0 radical (unpaired) electrons. The van der Waals surface area contributed by atoms with Crippen molar-refractivity contribution in [2.45, 2.75) is 57.3 Å². The number of para-hydroxylation sites is 1. The second kappa shape index (κ2) is 13.5.